The van der Waals surface area contributed by atoms with Crippen LogP contribution in [-0.2, 0) is 16.1 Å². The van der Waals surface area contributed by atoms with Crippen LogP contribution < -0.4 is 5.73 Å². The molecule has 0 amide bonds. The molecule has 0 radical (unpaired) electrons. The van der Waals surface area contributed by atoms with Gasteiger partial charge in [0.2, 0.25) is 0 Å². The highest BCUT2D eigenvalue weighted by molar-refractivity contribution is 7.12. The Morgan fingerprint density at radius 3 is 2.92 bits per heavy atom. The maximum atomic E-state index is 10.5. The Hall–Kier alpha value is -1.36. The third kappa shape index (κ3) is 2.29. The maximum Gasteiger partial charge on any atom is 0.302 e. The molecule has 0 aliphatic rings. The van der Waals surface area contributed by atoms with Crippen molar-refractivity contribution in [3.05, 3.63) is 15.8 Å². The van der Waals surface area contributed by atoms with E-state index >= 15 is 0 Å². The molecule has 70 valence electrons. The third-order valence-corrected chi connectivity index (χ3v) is 2.45. The molecule has 0 saturated carbocycles. The molecule has 0 atom stereocenters. The maximum absolute atomic E-state index is 10.5. The fourth-order valence-electron chi connectivity index (χ4n) is 0.802. The third-order valence-electron chi connectivity index (χ3n) is 1.48. The summed E-state index contributed by atoms with van der Waals surface area (Å²) in [5.74, 6) is -0.363. The molecule has 1 rings (SSSR count). The molecule has 2 N–H and O–H groups in total. The minimum atomic E-state index is -0.363. The van der Waals surface area contributed by atoms with Crippen molar-refractivity contribution in [2.75, 3.05) is 5.73 Å². The van der Waals surface area contributed by atoms with E-state index < -0.39 is 0 Å². The van der Waals surface area contributed by atoms with Crippen molar-refractivity contribution in [2.45, 2.75) is 13.5 Å². The van der Waals surface area contributed by atoms with Crippen LogP contribution in [0, 0.1) is 0 Å². The summed E-state index contributed by atoms with van der Waals surface area (Å²) >= 11 is 1.24. The number of carbonyl (C=O) groups is 2. The van der Waals surface area contributed by atoms with E-state index in [1.807, 2.05) is 0 Å². The molecular weight excluding hydrogens is 190 g/mol. The number of nitrogen functional groups attached to an aromatic ring is 1. The molecule has 0 fully saturated rings. The van der Waals surface area contributed by atoms with E-state index in [0.29, 0.717) is 22.4 Å². The van der Waals surface area contributed by atoms with Crippen molar-refractivity contribution in [2.24, 2.45) is 0 Å². The zero-order chi connectivity index (χ0) is 9.84. The van der Waals surface area contributed by atoms with E-state index in [-0.39, 0.29) is 12.6 Å². The van der Waals surface area contributed by atoms with Crippen LogP contribution in [0.3, 0.4) is 0 Å². The Morgan fingerprint density at radius 2 is 2.46 bits per heavy atom. The van der Waals surface area contributed by atoms with Crippen LogP contribution in [0.1, 0.15) is 22.2 Å². The highest BCUT2D eigenvalue weighted by atomic mass is 32.1. The second kappa shape index (κ2) is 4.04. The second-order valence-corrected chi connectivity index (χ2v) is 3.35. The first-order valence-electron chi connectivity index (χ1n) is 3.59. The quantitative estimate of drug-likeness (QED) is 0.586. The minimum Gasteiger partial charge on any atom is -0.461 e. The van der Waals surface area contributed by atoms with Crippen molar-refractivity contribution >= 4 is 29.3 Å². The van der Waals surface area contributed by atoms with Gasteiger partial charge in [-0.15, -0.1) is 11.3 Å². The minimum absolute atomic E-state index is 0.130. The lowest BCUT2D eigenvalue weighted by Gasteiger charge is -2.00. The summed E-state index contributed by atoms with van der Waals surface area (Å²) in [7, 11) is 0. The van der Waals surface area contributed by atoms with Gasteiger partial charge in [-0.1, -0.05) is 0 Å². The molecule has 4 nitrogen and oxygen atoms in total. The van der Waals surface area contributed by atoms with Crippen LogP contribution in [0.2, 0.25) is 0 Å². The van der Waals surface area contributed by atoms with Crippen molar-refractivity contribution in [1.29, 1.82) is 0 Å². The monoisotopic (exact) mass is 199 g/mol. The molecule has 1 aromatic rings. The SMILES string of the molecule is CC(=O)OCc1csc(C=O)c1N. The van der Waals surface area contributed by atoms with Gasteiger partial charge < -0.3 is 10.5 Å². The fourth-order valence-corrected chi connectivity index (χ4v) is 1.58. The van der Waals surface area contributed by atoms with Crippen LogP contribution >= 0.6 is 11.3 Å². The highest BCUT2D eigenvalue weighted by Crippen LogP contribution is 2.23. The van der Waals surface area contributed by atoms with Crippen molar-refractivity contribution in [1.82, 2.24) is 0 Å². The normalized spacial score (nSPS) is 9.62. The summed E-state index contributed by atoms with van der Waals surface area (Å²) in [4.78, 5) is 21.4. The van der Waals surface area contributed by atoms with Gasteiger partial charge in [0.1, 0.15) is 6.61 Å². The smallest absolute Gasteiger partial charge is 0.302 e. The number of hydrogen-bond acceptors (Lipinski definition) is 5. The molecule has 13 heavy (non-hydrogen) atoms. The number of anilines is 1. The van der Waals surface area contributed by atoms with Gasteiger partial charge in [0.15, 0.2) is 6.29 Å². The molecular formula is C8H9NO3S. The predicted octanol–water partition coefficient (Wildman–Crippen LogP) is 1.21. The average Bonchev–Trinajstić information content (AvgIpc) is 2.43. The van der Waals surface area contributed by atoms with Gasteiger partial charge in [-0.05, 0) is 0 Å². The van der Waals surface area contributed by atoms with Gasteiger partial charge in [0, 0.05) is 17.9 Å². The summed E-state index contributed by atoms with van der Waals surface area (Å²) in [6.45, 7) is 1.45. The molecule has 0 unspecified atom stereocenters. The molecule has 1 heterocycles. The lowest BCUT2D eigenvalue weighted by atomic mass is 10.3. The zero-order valence-electron chi connectivity index (χ0n) is 7.07. The number of thiophene rings is 1. The van der Waals surface area contributed by atoms with Gasteiger partial charge in [-0.2, -0.15) is 0 Å². The topological polar surface area (TPSA) is 69.4 Å². The van der Waals surface area contributed by atoms with E-state index in [1.54, 1.807) is 5.38 Å². The number of ether oxygens (including phenoxy) is 1. The lowest BCUT2D eigenvalue weighted by Crippen LogP contribution is -2.00. The van der Waals surface area contributed by atoms with E-state index in [1.165, 1.54) is 18.3 Å². The van der Waals surface area contributed by atoms with Gasteiger partial charge in [-0.25, -0.2) is 0 Å². The van der Waals surface area contributed by atoms with E-state index in [4.69, 9.17) is 10.5 Å². The summed E-state index contributed by atoms with van der Waals surface area (Å²) in [5.41, 5.74) is 6.67. The van der Waals surface area contributed by atoms with E-state index in [9.17, 15) is 9.59 Å². The van der Waals surface area contributed by atoms with Crippen LogP contribution in [0.25, 0.3) is 0 Å². The number of carbonyl (C=O) groups excluding carboxylic acids is 2. The summed E-state index contributed by atoms with van der Waals surface area (Å²) in [5, 5.41) is 1.71. The number of nitrogens with two attached hydrogens (primary N) is 1. The summed E-state index contributed by atoms with van der Waals surface area (Å²) in [6.07, 6.45) is 0.692. The Balaban J connectivity index is 2.72. The number of esters is 1. The number of rotatable bonds is 3. The van der Waals surface area contributed by atoms with E-state index in [2.05, 4.69) is 0 Å². The van der Waals surface area contributed by atoms with Crippen molar-refractivity contribution in [3.8, 4) is 0 Å². The zero-order valence-corrected chi connectivity index (χ0v) is 7.89. The highest BCUT2D eigenvalue weighted by Gasteiger charge is 2.08. The second-order valence-electron chi connectivity index (χ2n) is 2.44. The van der Waals surface area contributed by atoms with Crippen LogP contribution in [0.4, 0.5) is 5.69 Å². The molecule has 0 aliphatic carbocycles. The van der Waals surface area contributed by atoms with Gasteiger partial charge >= 0.3 is 5.97 Å². The first-order valence-corrected chi connectivity index (χ1v) is 4.47. The Morgan fingerprint density at radius 1 is 1.77 bits per heavy atom. The Kier molecular flexibility index (Phi) is 3.02. The van der Waals surface area contributed by atoms with Crippen LogP contribution in [0.15, 0.2) is 5.38 Å². The summed E-state index contributed by atoms with van der Waals surface area (Å²) < 4.78 is 4.74. The lowest BCUT2D eigenvalue weighted by molar-refractivity contribution is -0.142. The predicted molar refractivity (Wildman–Crippen MR) is 49.6 cm³/mol. The standard InChI is InChI=1S/C8H9NO3S/c1-5(11)12-3-6-4-13-7(2-10)8(6)9/h2,4H,3,9H2,1H3. The molecule has 0 spiro atoms. The van der Waals surface area contributed by atoms with Crippen LogP contribution in [-0.4, -0.2) is 12.3 Å². The van der Waals surface area contributed by atoms with Gasteiger partial charge in [-0.3, -0.25) is 9.59 Å². The summed E-state index contributed by atoms with van der Waals surface area (Å²) in [6, 6.07) is 0. The molecule has 0 bridgehead atoms. The Bertz CT molecular complexity index is 332. The number of hydrogen-bond donors (Lipinski definition) is 1. The first kappa shape index (κ1) is 9.73. The molecule has 0 aliphatic heterocycles. The number of aldehydes is 1. The van der Waals surface area contributed by atoms with Gasteiger partial charge in [0.25, 0.3) is 0 Å². The molecule has 1 aromatic heterocycles. The van der Waals surface area contributed by atoms with Crippen LogP contribution in [0.5, 0.6) is 0 Å². The molecule has 0 saturated heterocycles. The fraction of sp³-hybridized carbons (Fsp3) is 0.250. The molecule has 0 aromatic carbocycles. The largest absolute Gasteiger partial charge is 0.461 e. The van der Waals surface area contributed by atoms with E-state index in [0.717, 1.165) is 0 Å². The Labute approximate surface area is 79.3 Å². The first-order chi connectivity index (χ1) is 6.15. The molecule has 5 heteroatoms. The van der Waals surface area contributed by atoms with Gasteiger partial charge in [0.05, 0.1) is 10.6 Å². The van der Waals surface area contributed by atoms with Crippen molar-refractivity contribution in [3.63, 3.8) is 0 Å². The average molecular weight is 199 g/mol. The van der Waals surface area contributed by atoms with Crippen molar-refractivity contribution < 1.29 is 14.3 Å².